The first-order valence-electron chi connectivity index (χ1n) is 15.3. The van der Waals surface area contributed by atoms with Crippen molar-refractivity contribution in [1.82, 2.24) is 0 Å². The largest absolute Gasteiger partial charge is 0.0742 e. The second-order valence-corrected chi connectivity index (χ2v) is 14.0. The zero-order chi connectivity index (χ0) is 25.9. The molecule has 0 N–H and O–H groups in total. The number of unbranched alkanes of at least 4 members (excludes halogenated alkanes) is 15. The van der Waals surface area contributed by atoms with Gasteiger partial charge in [-0.05, 0) is 35.6 Å². The Kier molecular flexibility index (Phi) is 14.6. The smallest absolute Gasteiger partial charge is 0.0163 e. The molecule has 37 heavy (non-hydrogen) atoms. The zero-order valence-corrected chi connectivity index (χ0v) is 24.4. The van der Waals surface area contributed by atoms with Gasteiger partial charge in [-0.15, -0.1) is 0 Å². The lowest BCUT2D eigenvalue weighted by Gasteiger charge is -2.29. The van der Waals surface area contributed by atoms with Crippen molar-refractivity contribution in [1.29, 1.82) is 0 Å². The van der Waals surface area contributed by atoms with E-state index in [1.54, 1.807) is 0 Å². The van der Waals surface area contributed by atoms with Crippen LogP contribution in [-0.2, 0) is 0 Å². The molecule has 0 bridgehead atoms. The Balaban J connectivity index is 1.46. The molecule has 0 fully saturated rings. The fourth-order valence-corrected chi connectivity index (χ4v) is 9.58. The Morgan fingerprint density at radius 2 is 0.703 bits per heavy atom. The van der Waals surface area contributed by atoms with Crippen LogP contribution in [0.25, 0.3) is 0 Å². The minimum atomic E-state index is -1.77. The summed E-state index contributed by atoms with van der Waals surface area (Å²) in [5, 5.41) is 4.40. The molecule has 0 aliphatic heterocycles. The lowest BCUT2D eigenvalue weighted by molar-refractivity contribution is 0.533. The maximum Gasteiger partial charge on any atom is -0.0163 e. The molecule has 0 unspecified atom stereocenters. The molecule has 0 amide bonds. The van der Waals surface area contributed by atoms with E-state index in [2.05, 4.69) is 104 Å². The van der Waals surface area contributed by atoms with Crippen LogP contribution in [0.1, 0.15) is 110 Å². The minimum absolute atomic E-state index is 1.19. The highest BCUT2D eigenvalue weighted by molar-refractivity contribution is 7.94. The molecule has 3 aromatic carbocycles. The monoisotopic (exact) mass is 514 g/mol. The van der Waals surface area contributed by atoms with E-state index in [0.717, 1.165) is 0 Å². The van der Waals surface area contributed by atoms with Crippen molar-refractivity contribution in [3.8, 4) is 0 Å². The summed E-state index contributed by atoms with van der Waals surface area (Å²) < 4.78 is 0. The van der Waals surface area contributed by atoms with Gasteiger partial charge in [0.15, 0.2) is 0 Å². The number of hydrogen-bond acceptors (Lipinski definition) is 0. The van der Waals surface area contributed by atoms with Gasteiger partial charge in [-0.3, -0.25) is 0 Å². The first kappa shape index (κ1) is 29.5. The predicted molar refractivity (Wildman–Crippen MR) is 171 cm³/mol. The van der Waals surface area contributed by atoms with E-state index in [-0.39, 0.29) is 0 Å². The average molecular weight is 515 g/mol. The molecule has 0 spiro atoms. The summed E-state index contributed by atoms with van der Waals surface area (Å²) in [7, 11) is 0. The topological polar surface area (TPSA) is 0 Å². The van der Waals surface area contributed by atoms with E-state index in [9.17, 15) is 0 Å². The fourth-order valence-electron chi connectivity index (χ4n) is 5.55. The Labute approximate surface area is 228 Å². The molecule has 200 valence electrons. The van der Waals surface area contributed by atoms with Crippen molar-refractivity contribution in [3.63, 3.8) is 0 Å². The lowest BCUT2D eigenvalue weighted by Crippen LogP contribution is -2.26. The Morgan fingerprint density at radius 3 is 1.03 bits per heavy atom. The van der Waals surface area contributed by atoms with Gasteiger partial charge in [0.25, 0.3) is 0 Å². The number of benzene rings is 3. The molecule has 0 radical (unpaired) electrons. The van der Waals surface area contributed by atoms with Gasteiger partial charge in [0.1, 0.15) is 0 Å². The fraction of sp³-hybridized carbons (Fsp3) is 0.472. The highest BCUT2D eigenvalue weighted by Gasteiger charge is 2.24. The van der Waals surface area contributed by atoms with Crippen molar-refractivity contribution in [2.75, 3.05) is 0 Å². The standard InChI is InChI=1S/C36H51P/c1-2-3-4-5-6-7-8-9-10-11-12-13-14-15-16-26-33-37(34-27-20-17-21-28-34,35-29-22-18-23-30-35)36-31-24-19-25-32-36/h17-25,27-33H,2-16,26H2,1H3. The van der Waals surface area contributed by atoms with Gasteiger partial charge in [-0.2, -0.15) is 0 Å². The van der Waals surface area contributed by atoms with Gasteiger partial charge in [0, 0.05) is 0 Å². The van der Waals surface area contributed by atoms with E-state index >= 15 is 0 Å². The van der Waals surface area contributed by atoms with Gasteiger partial charge in [-0.1, -0.05) is 194 Å². The molecule has 0 saturated heterocycles. The number of hydrogen-bond donors (Lipinski definition) is 0. The van der Waals surface area contributed by atoms with Crippen molar-refractivity contribution in [2.24, 2.45) is 0 Å². The Morgan fingerprint density at radius 1 is 0.405 bits per heavy atom. The maximum atomic E-state index is 2.70. The van der Waals surface area contributed by atoms with E-state index in [1.165, 1.54) is 119 Å². The summed E-state index contributed by atoms with van der Waals surface area (Å²) in [6.07, 6.45) is 22.4. The quantitative estimate of drug-likeness (QED) is 0.110. The Hall–Kier alpha value is -2.04. The summed E-state index contributed by atoms with van der Waals surface area (Å²) in [6, 6.07) is 33.7. The van der Waals surface area contributed by atoms with Gasteiger partial charge in [0.2, 0.25) is 0 Å². The molecule has 0 aliphatic rings. The number of rotatable bonds is 19. The van der Waals surface area contributed by atoms with Crippen LogP contribution in [0.2, 0.25) is 0 Å². The van der Waals surface area contributed by atoms with Crippen LogP contribution in [0.4, 0.5) is 0 Å². The van der Waals surface area contributed by atoms with Crippen molar-refractivity contribution in [3.05, 3.63) is 91.0 Å². The molecular formula is C36H51P. The summed E-state index contributed by atoms with van der Waals surface area (Å²) >= 11 is 0. The first-order valence-corrected chi connectivity index (χ1v) is 17.1. The summed E-state index contributed by atoms with van der Waals surface area (Å²) in [5.74, 6) is 2.70. The van der Waals surface area contributed by atoms with Crippen LogP contribution in [0.5, 0.6) is 0 Å². The molecule has 0 aromatic heterocycles. The van der Waals surface area contributed by atoms with E-state index < -0.39 is 6.89 Å². The third-order valence-electron chi connectivity index (χ3n) is 7.70. The van der Waals surface area contributed by atoms with Crippen molar-refractivity contribution in [2.45, 2.75) is 110 Å². The summed E-state index contributed by atoms with van der Waals surface area (Å²) in [5.41, 5.74) is 0. The molecule has 0 atom stereocenters. The lowest BCUT2D eigenvalue weighted by atomic mass is 10.0. The Bertz CT molecular complexity index is 887. The second kappa shape index (κ2) is 18.3. The molecule has 0 heterocycles. The summed E-state index contributed by atoms with van der Waals surface area (Å²) in [4.78, 5) is 0. The zero-order valence-electron chi connectivity index (χ0n) is 23.5. The van der Waals surface area contributed by atoms with Gasteiger partial charge >= 0.3 is 0 Å². The molecular weight excluding hydrogens is 463 g/mol. The normalized spacial score (nSPS) is 11.5. The van der Waals surface area contributed by atoms with Crippen molar-refractivity contribution < 1.29 is 0 Å². The van der Waals surface area contributed by atoms with Crippen LogP contribution in [0.15, 0.2) is 91.0 Å². The molecule has 3 rings (SSSR count). The van der Waals surface area contributed by atoms with Gasteiger partial charge < -0.3 is 0 Å². The maximum absolute atomic E-state index is 2.70. The minimum Gasteiger partial charge on any atom is -0.0742 e. The SMILES string of the molecule is CCCCCCCCCCCCCCCCCC=P(c1ccccc1)(c1ccccc1)c1ccccc1. The molecule has 0 saturated carbocycles. The van der Waals surface area contributed by atoms with Crippen LogP contribution in [0.3, 0.4) is 0 Å². The van der Waals surface area contributed by atoms with Crippen LogP contribution in [0, 0.1) is 0 Å². The van der Waals surface area contributed by atoms with Crippen LogP contribution < -0.4 is 15.9 Å². The molecule has 0 aliphatic carbocycles. The van der Waals surface area contributed by atoms with Gasteiger partial charge in [-0.25, -0.2) is 0 Å². The molecule has 3 aromatic rings. The highest BCUT2D eigenvalue weighted by atomic mass is 31.2. The second-order valence-electron chi connectivity index (χ2n) is 10.7. The molecule has 0 nitrogen and oxygen atoms in total. The average Bonchev–Trinajstić information content (AvgIpc) is 2.96. The van der Waals surface area contributed by atoms with Crippen LogP contribution >= 0.6 is 6.89 Å². The first-order chi connectivity index (χ1) is 18.4. The third kappa shape index (κ3) is 9.98. The van der Waals surface area contributed by atoms with Crippen LogP contribution in [-0.4, -0.2) is 5.80 Å². The van der Waals surface area contributed by atoms with Crippen molar-refractivity contribution >= 4 is 28.6 Å². The predicted octanol–water partition coefficient (Wildman–Crippen LogP) is 10.0. The van der Waals surface area contributed by atoms with E-state index in [4.69, 9.17) is 0 Å². The third-order valence-corrected chi connectivity index (χ3v) is 11.8. The van der Waals surface area contributed by atoms with E-state index in [1.807, 2.05) is 0 Å². The van der Waals surface area contributed by atoms with Gasteiger partial charge in [0.05, 0.1) is 0 Å². The molecule has 1 heteroatoms. The summed E-state index contributed by atoms with van der Waals surface area (Å²) in [6.45, 7) is 0.533. The van der Waals surface area contributed by atoms with E-state index in [0.29, 0.717) is 0 Å². The highest BCUT2D eigenvalue weighted by Crippen LogP contribution is 2.44.